The SMILES string of the molecule is CCCCCCCCCCCCC/C=C/C=C/C(=O)OC[C@@H](CO[C@H]1O[C@@H](CO)[C@@H](O)C(O)C1O)OC(=O)CCCCCCCCCCCCCC. The number of esters is 2. The summed E-state index contributed by atoms with van der Waals surface area (Å²) in [5.74, 6) is -1.05. The Morgan fingerprint density at radius 3 is 1.65 bits per heavy atom. The van der Waals surface area contributed by atoms with Crippen LogP contribution in [0.25, 0.3) is 0 Å². The Bertz CT molecular complexity index is 907. The van der Waals surface area contributed by atoms with Crippen LogP contribution in [0.2, 0.25) is 0 Å². The number of rotatable bonds is 34. The molecule has 1 fully saturated rings. The van der Waals surface area contributed by atoms with Crippen molar-refractivity contribution >= 4 is 11.9 Å². The molecule has 2 unspecified atom stereocenters. The van der Waals surface area contributed by atoms with E-state index in [9.17, 15) is 30.0 Å². The summed E-state index contributed by atoms with van der Waals surface area (Å²) in [4.78, 5) is 25.1. The first-order valence-electron chi connectivity index (χ1n) is 21.0. The van der Waals surface area contributed by atoms with Crippen LogP contribution in [-0.4, -0.2) is 89.0 Å². The lowest BCUT2D eigenvalue weighted by atomic mass is 9.99. The summed E-state index contributed by atoms with van der Waals surface area (Å²) in [5.41, 5.74) is 0. The maximum atomic E-state index is 12.7. The van der Waals surface area contributed by atoms with Gasteiger partial charge in [-0.15, -0.1) is 0 Å². The van der Waals surface area contributed by atoms with E-state index in [4.69, 9.17) is 18.9 Å². The molecular weight excluding hydrogens is 664 g/mol. The molecule has 1 aliphatic heterocycles. The first-order valence-corrected chi connectivity index (χ1v) is 21.0. The lowest BCUT2D eigenvalue weighted by Gasteiger charge is -2.39. The largest absolute Gasteiger partial charge is 0.458 e. The predicted molar refractivity (Wildman–Crippen MR) is 206 cm³/mol. The van der Waals surface area contributed by atoms with Gasteiger partial charge in [-0.25, -0.2) is 4.79 Å². The molecule has 1 rings (SSSR count). The maximum absolute atomic E-state index is 12.7. The quantitative estimate of drug-likeness (QED) is 0.0220. The molecule has 0 aromatic rings. The van der Waals surface area contributed by atoms with E-state index in [1.807, 2.05) is 12.2 Å². The van der Waals surface area contributed by atoms with Gasteiger partial charge in [0.1, 0.15) is 31.0 Å². The highest BCUT2D eigenvalue weighted by Gasteiger charge is 2.44. The third kappa shape index (κ3) is 25.2. The van der Waals surface area contributed by atoms with Gasteiger partial charge in [-0.2, -0.15) is 0 Å². The van der Waals surface area contributed by atoms with Gasteiger partial charge in [0, 0.05) is 12.5 Å². The molecule has 0 saturated carbocycles. The fourth-order valence-corrected chi connectivity index (χ4v) is 6.34. The smallest absolute Gasteiger partial charge is 0.330 e. The highest BCUT2D eigenvalue weighted by molar-refractivity contribution is 5.82. The first-order chi connectivity index (χ1) is 25.3. The van der Waals surface area contributed by atoms with Crippen molar-refractivity contribution in [3.05, 3.63) is 24.3 Å². The van der Waals surface area contributed by atoms with Crippen molar-refractivity contribution in [2.75, 3.05) is 19.8 Å². The van der Waals surface area contributed by atoms with Crippen LogP contribution in [0.15, 0.2) is 24.3 Å². The van der Waals surface area contributed by atoms with Crippen molar-refractivity contribution in [2.45, 2.75) is 211 Å². The molecule has 10 nitrogen and oxygen atoms in total. The number of aliphatic hydroxyl groups is 4. The van der Waals surface area contributed by atoms with E-state index in [0.29, 0.717) is 6.42 Å². The number of carbonyl (C=O) groups is 2. The van der Waals surface area contributed by atoms with Crippen LogP contribution in [-0.2, 0) is 28.5 Å². The van der Waals surface area contributed by atoms with E-state index in [1.165, 1.54) is 122 Å². The van der Waals surface area contributed by atoms with Gasteiger partial charge in [-0.3, -0.25) is 4.79 Å². The molecule has 0 radical (unpaired) electrons. The Labute approximate surface area is 315 Å². The van der Waals surface area contributed by atoms with Crippen LogP contribution in [0.4, 0.5) is 0 Å². The zero-order valence-electron chi connectivity index (χ0n) is 32.8. The minimum Gasteiger partial charge on any atom is -0.458 e. The van der Waals surface area contributed by atoms with Gasteiger partial charge in [0.05, 0.1) is 13.2 Å². The van der Waals surface area contributed by atoms with Crippen LogP contribution < -0.4 is 0 Å². The Kier molecular flexibility index (Phi) is 31.3. The molecule has 0 amide bonds. The van der Waals surface area contributed by atoms with Crippen molar-refractivity contribution in [1.82, 2.24) is 0 Å². The molecule has 1 saturated heterocycles. The third-order valence-electron chi connectivity index (χ3n) is 9.69. The van der Waals surface area contributed by atoms with E-state index in [-0.39, 0.29) is 19.6 Å². The maximum Gasteiger partial charge on any atom is 0.330 e. The summed E-state index contributed by atoms with van der Waals surface area (Å²) in [6.07, 6.45) is 28.2. The number of aliphatic hydroxyl groups excluding tert-OH is 4. The van der Waals surface area contributed by atoms with Gasteiger partial charge in [0.25, 0.3) is 0 Å². The molecule has 1 heterocycles. The summed E-state index contributed by atoms with van der Waals surface area (Å²) in [6, 6.07) is 0. The molecular formula is C42H76O10. The van der Waals surface area contributed by atoms with Gasteiger partial charge in [-0.1, -0.05) is 167 Å². The number of allylic oxidation sites excluding steroid dienone is 3. The standard InChI is InChI=1S/C42H76O10/c1-3-5-7-9-11-13-15-17-18-19-21-22-24-26-28-30-37(44)49-33-35(34-50-42-41(48)40(47)39(46)36(32-43)52-42)51-38(45)31-29-27-25-23-20-16-14-12-10-8-6-4-2/h24,26,28,30,35-36,39-43,46-48H,3-23,25,27,29,31-34H2,1-2H3/b26-24+,30-28+/t35-,36-,39+,40?,41?,42-/m0/s1. The van der Waals surface area contributed by atoms with Gasteiger partial charge >= 0.3 is 11.9 Å². The van der Waals surface area contributed by atoms with E-state index in [0.717, 1.165) is 32.1 Å². The molecule has 52 heavy (non-hydrogen) atoms. The summed E-state index contributed by atoms with van der Waals surface area (Å²) >= 11 is 0. The van der Waals surface area contributed by atoms with E-state index in [1.54, 1.807) is 6.08 Å². The van der Waals surface area contributed by atoms with E-state index >= 15 is 0 Å². The average molecular weight is 741 g/mol. The summed E-state index contributed by atoms with van der Waals surface area (Å²) in [5, 5.41) is 39.9. The van der Waals surface area contributed by atoms with Crippen molar-refractivity contribution < 1.29 is 49.0 Å². The predicted octanol–water partition coefficient (Wildman–Crippen LogP) is 8.16. The Hall–Kier alpha value is -1.82. The zero-order chi connectivity index (χ0) is 38.1. The fourth-order valence-electron chi connectivity index (χ4n) is 6.34. The molecule has 4 N–H and O–H groups in total. The van der Waals surface area contributed by atoms with Crippen LogP contribution in [0.1, 0.15) is 174 Å². The highest BCUT2D eigenvalue weighted by atomic mass is 16.7. The molecule has 1 aliphatic rings. The summed E-state index contributed by atoms with van der Waals surface area (Å²) < 4.78 is 21.9. The molecule has 0 aromatic carbocycles. The summed E-state index contributed by atoms with van der Waals surface area (Å²) in [7, 11) is 0. The topological polar surface area (TPSA) is 152 Å². The molecule has 10 heteroatoms. The summed E-state index contributed by atoms with van der Waals surface area (Å²) in [6.45, 7) is 3.30. The van der Waals surface area contributed by atoms with Gasteiger partial charge in [-0.05, 0) is 19.3 Å². The van der Waals surface area contributed by atoms with Crippen molar-refractivity contribution in [2.24, 2.45) is 0 Å². The van der Waals surface area contributed by atoms with Crippen molar-refractivity contribution in [3.8, 4) is 0 Å². The Morgan fingerprint density at radius 2 is 1.13 bits per heavy atom. The molecule has 6 atom stereocenters. The second kappa shape index (κ2) is 33.7. The number of hydrogen-bond donors (Lipinski definition) is 4. The number of carbonyl (C=O) groups excluding carboxylic acids is 2. The third-order valence-corrected chi connectivity index (χ3v) is 9.69. The van der Waals surface area contributed by atoms with Crippen molar-refractivity contribution in [1.29, 1.82) is 0 Å². The van der Waals surface area contributed by atoms with Gasteiger partial charge < -0.3 is 39.4 Å². The molecule has 0 aliphatic carbocycles. The van der Waals surface area contributed by atoms with Crippen LogP contribution in [0.3, 0.4) is 0 Å². The van der Waals surface area contributed by atoms with Gasteiger partial charge in [0.2, 0.25) is 0 Å². The monoisotopic (exact) mass is 741 g/mol. The normalized spacial score (nSPS) is 21.2. The molecule has 304 valence electrons. The average Bonchev–Trinajstić information content (AvgIpc) is 3.14. The lowest BCUT2D eigenvalue weighted by molar-refractivity contribution is -0.305. The van der Waals surface area contributed by atoms with E-state index in [2.05, 4.69) is 13.8 Å². The first kappa shape index (κ1) is 48.2. The van der Waals surface area contributed by atoms with E-state index < -0.39 is 55.4 Å². The number of unbranched alkanes of at least 4 members (excludes halogenated alkanes) is 22. The second-order valence-electron chi connectivity index (χ2n) is 14.5. The van der Waals surface area contributed by atoms with Crippen LogP contribution >= 0.6 is 0 Å². The highest BCUT2D eigenvalue weighted by Crippen LogP contribution is 2.22. The minimum absolute atomic E-state index is 0.214. The number of ether oxygens (including phenoxy) is 4. The minimum atomic E-state index is -1.60. The molecule has 0 aromatic heterocycles. The number of hydrogen-bond acceptors (Lipinski definition) is 10. The Morgan fingerprint density at radius 1 is 0.635 bits per heavy atom. The van der Waals surface area contributed by atoms with Crippen molar-refractivity contribution in [3.63, 3.8) is 0 Å². The molecule has 0 bridgehead atoms. The van der Waals surface area contributed by atoms with Gasteiger partial charge in [0.15, 0.2) is 12.4 Å². The zero-order valence-corrected chi connectivity index (χ0v) is 32.8. The molecule has 0 spiro atoms. The lowest BCUT2D eigenvalue weighted by Crippen LogP contribution is -2.59. The van der Waals surface area contributed by atoms with Crippen LogP contribution in [0.5, 0.6) is 0 Å². The van der Waals surface area contributed by atoms with Crippen LogP contribution in [0, 0.1) is 0 Å². The second-order valence-corrected chi connectivity index (χ2v) is 14.5. The fraction of sp³-hybridized carbons (Fsp3) is 0.857. The Balaban J connectivity index is 2.41.